The summed E-state index contributed by atoms with van der Waals surface area (Å²) < 4.78 is 12.9. The predicted molar refractivity (Wildman–Crippen MR) is 120 cm³/mol. The molecule has 2 saturated heterocycles. The zero-order chi connectivity index (χ0) is 26.0. The fourth-order valence-corrected chi connectivity index (χ4v) is 3.87. The van der Waals surface area contributed by atoms with Crippen molar-refractivity contribution in [2.75, 3.05) is 13.2 Å². The van der Waals surface area contributed by atoms with Crippen LogP contribution >= 0.6 is 0 Å². The Balaban J connectivity index is 1.59. The molecular formula is C22H22N4O10. The highest BCUT2D eigenvalue weighted by atomic mass is 16.5. The lowest BCUT2D eigenvalue weighted by atomic mass is 10.2. The number of aromatic amines is 2. The van der Waals surface area contributed by atoms with E-state index in [2.05, 4.69) is 33.6 Å². The van der Waals surface area contributed by atoms with Crippen LogP contribution in [0.4, 0.5) is 0 Å². The van der Waals surface area contributed by atoms with E-state index in [1.54, 1.807) is 0 Å². The Kier molecular flexibility index (Phi) is 7.37. The zero-order valence-corrected chi connectivity index (χ0v) is 18.6. The summed E-state index contributed by atoms with van der Waals surface area (Å²) in [5.41, 5.74) is -3.43. The van der Waals surface area contributed by atoms with E-state index in [9.17, 15) is 39.6 Å². The molecule has 0 amide bonds. The molecular weight excluding hydrogens is 480 g/mol. The second kappa shape index (κ2) is 10.5. The van der Waals surface area contributed by atoms with Crippen molar-refractivity contribution >= 4 is 0 Å². The number of nitrogens with zero attached hydrogens (tertiary/aromatic N) is 2. The first-order valence-electron chi connectivity index (χ1n) is 10.8. The van der Waals surface area contributed by atoms with Crippen molar-refractivity contribution in [1.29, 1.82) is 0 Å². The summed E-state index contributed by atoms with van der Waals surface area (Å²) in [6.45, 7) is -0.889. The van der Waals surface area contributed by atoms with E-state index in [-0.39, 0.29) is 24.0 Å². The van der Waals surface area contributed by atoms with Gasteiger partial charge in [0.25, 0.3) is 11.1 Å². The van der Waals surface area contributed by atoms with Crippen LogP contribution in [0.3, 0.4) is 0 Å². The highest BCUT2D eigenvalue weighted by Crippen LogP contribution is 2.28. The van der Waals surface area contributed by atoms with Gasteiger partial charge in [0.1, 0.15) is 35.8 Å². The van der Waals surface area contributed by atoms with Gasteiger partial charge in [-0.05, 0) is 23.7 Å². The van der Waals surface area contributed by atoms with Crippen molar-refractivity contribution in [3.63, 3.8) is 0 Å². The number of rotatable bonds is 4. The number of nitrogens with one attached hydrogen (secondary N) is 2. The Hall–Kier alpha value is -3.76. The van der Waals surface area contributed by atoms with Crippen LogP contribution in [-0.2, 0) is 9.47 Å². The number of H-pyrrole nitrogens is 2. The monoisotopic (exact) mass is 502 g/mol. The highest BCUT2D eigenvalue weighted by molar-refractivity contribution is 5.42. The van der Waals surface area contributed by atoms with Gasteiger partial charge in [0, 0.05) is 25.2 Å². The maximum absolute atomic E-state index is 12.2. The number of hydrogen-bond donors (Lipinski definition) is 6. The molecule has 2 aromatic rings. The van der Waals surface area contributed by atoms with Gasteiger partial charge in [0.2, 0.25) is 0 Å². The van der Waals surface area contributed by atoms with Crippen LogP contribution in [0.1, 0.15) is 36.4 Å². The van der Waals surface area contributed by atoms with E-state index in [0.717, 1.165) is 21.5 Å². The predicted octanol–water partition coefficient (Wildman–Crippen LogP) is -3.93. The molecule has 2 aliphatic heterocycles. The number of aliphatic hydroxyl groups excluding tert-OH is 4. The summed E-state index contributed by atoms with van der Waals surface area (Å²) >= 11 is 0. The minimum atomic E-state index is -0.993. The topological polar surface area (TPSA) is 209 Å². The van der Waals surface area contributed by atoms with Crippen LogP contribution in [-0.4, -0.2) is 77.2 Å². The van der Waals surface area contributed by atoms with E-state index in [1.165, 1.54) is 0 Å². The van der Waals surface area contributed by atoms with Gasteiger partial charge in [-0.1, -0.05) is 0 Å². The van der Waals surface area contributed by atoms with Crippen molar-refractivity contribution in [3.8, 4) is 23.7 Å². The van der Waals surface area contributed by atoms with Crippen molar-refractivity contribution in [1.82, 2.24) is 19.1 Å². The summed E-state index contributed by atoms with van der Waals surface area (Å²) in [7, 11) is 0. The van der Waals surface area contributed by atoms with Crippen LogP contribution in [0.5, 0.6) is 0 Å². The summed E-state index contributed by atoms with van der Waals surface area (Å²) in [5, 5.41) is 38.2. The number of aliphatic hydroxyl groups is 4. The summed E-state index contributed by atoms with van der Waals surface area (Å²) in [4.78, 5) is 52.7. The van der Waals surface area contributed by atoms with Crippen molar-refractivity contribution in [3.05, 3.63) is 65.2 Å². The largest absolute Gasteiger partial charge is 0.394 e. The molecule has 0 saturated carbocycles. The number of ether oxygens (including phenoxy) is 2. The van der Waals surface area contributed by atoms with Crippen LogP contribution in [0.2, 0.25) is 0 Å². The third kappa shape index (κ3) is 5.09. The molecule has 190 valence electrons. The van der Waals surface area contributed by atoms with E-state index in [1.807, 2.05) is 0 Å². The number of hydrogen-bond acceptors (Lipinski definition) is 10. The average Bonchev–Trinajstić information content (AvgIpc) is 3.40. The summed E-state index contributed by atoms with van der Waals surface area (Å²) in [6, 6.07) is 0. The molecule has 2 aliphatic rings. The quantitative estimate of drug-likeness (QED) is 0.224. The molecule has 4 rings (SSSR count). The molecule has 14 heteroatoms. The van der Waals surface area contributed by atoms with Gasteiger partial charge in [-0.3, -0.25) is 28.7 Å². The van der Waals surface area contributed by atoms with Crippen molar-refractivity contribution in [2.24, 2.45) is 0 Å². The Labute approximate surface area is 201 Å². The fourth-order valence-electron chi connectivity index (χ4n) is 3.87. The lowest BCUT2D eigenvalue weighted by molar-refractivity contribution is -0.0459. The SMILES string of the molecule is O=c1[nH]c(=O)n([C@H]2C[C@H](O)[C@@H](CO)O2)cc1C#CC#Cc1cn([C@H]2C[C@H](O)[C@@H](CO)O2)c(=O)[nH]c1=O. The van der Waals surface area contributed by atoms with E-state index < -0.39 is 72.6 Å². The molecule has 6 atom stereocenters. The van der Waals surface area contributed by atoms with Gasteiger partial charge in [-0.25, -0.2) is 9.59 Å². The first-order chi connectivity index (χ1) is 17.2. The molecule has 0 spiro atoms. The van der Waals surface area contributed by atoms with E-state index in [0.29, 0.717) is 0 Å². The highest BCUT2D eigenvalue weighted by Gasteiger charge is 2.36. The Bertz CT molecular complexity index is 1380. The van der Waals surface area contributed by atoms with Crippen molar-refractivity contribution in [2.45, 2.75) is 49.7 Å². The lowest BCUT2D eigenvalue weighted by Gasteiger charge is -2.14. The Morgan fingerprint density at radius 2 is 1.17 bits per heavy atom. The smallest absolute Gasteiger partial charge is 0.330 e. The minimum Gasteiger partial charge on any atom is -0.394 e. The molecule has 0 radical (unpaired) electrons. The third-order valence-corrected chi connectivity index (χ3v) is 5.78. The summed E-state index contributed by atoms with van der Waals surface area (Å²) in [5.74, 6) is 9.72. The first-order valence-corrected chi connectivity index (χ1v) is 10.8. The Morgan fingerprint density at radius 3 is 1.50 bits per heavy atom. The van der Waals surface area contributed by atoms with Crippen LogP contribution < -0.4 is 22.5 Å². The van der Waals surface area contributed by atoms with Gasteiger partial charge in [0.05, 0.1) is 25.4 Å². The maximum atomic E-state index is 12.2. The Morgan fingerprint density at radius 1 is 0.778 bits per heavy atom. The van der Waals surface area contributed by atoms with Crippen LogP contribution in [0.15, 0.2) is 31.6 Å². The molecule has 6 N–H and O–H groups in total. The van der Waals surface area contributed by atoms with E-state index in [4.69, 9.17) is 9.47 Å². The van der Waals surface area contributed by atoms with E-state index >= 15 is 0 Å². The molecule has 36 heavy (non-hydrogen) atoms. The molecule has 0 aliphatic carbocycles. The normalized spacial score (nSPS) is 27.2. The lowest BCUT2D eigenvalue weighted by Crippen LogP contribution is -2.33. The minimum absolute atomic E-state index is 0.0170. The molecule has 0 bridgehead atoms. The molecule has 2 aromatic heterocycles. The van der Waals surface area contributed by atoms with Crippen molar-refractivity contribution < 1.29 is 29.9 Å². The third-order valence-electron chi connectivity index (χ3n) is 5.78. The van der Waals surface area contributed by atoms with Crippen LogP contribution in [0.25, 0.3) is 0 Å². The van der Waals surface area contributed by atoms with Gasteiger partial charge < -0.3 is 29.9 Å². The second-order valence-electron chi connectivity index (χ2n) is 8.15. The molecule has 14 nitrogen and oxygen atoms in total. The summed E-state index contributed by atoms with van der Waals surface area (Å²) in [6.07, 6.45) is -3.26. The molecule has 0 unspecified atom stereocenters. The second-order valence-corrected chi connectivity index (χ2v) is 8.15. The van der Waals surface area contributed by atoms with Gasteiger partial charge in [-0.15, -0.1) is 0 Å². The van der Waals surface area contributed by atoms with Crippen LogP contribution in [0, 0.1) is 23.7 Å². The fraction of sp³-hybridized carbons (Fsp3) is 0.455. The standard InChI is InChI=1S/C22H22N4O10/c27-9-15-13(29)5-17(35-15)25-7-11(19(31)23-21(25)33)3-1-2-4-12-8-26(22(34)24-20(12)32)18-6-14(30)16(10-28)36-18/h7-8,13-18,27-30H,5-6,9-10H2,(H,23,31,33)(H,24,32,34)/t13-,14-,15+,16+,17+,18+/m0/s1. The molecule has 2 fully saturated rings. The average molecular weight is 502 g/mol. The number of aromatic nitrogens is 4. The maximum Gasteiger partial charge on any atom is 0.330 e. The van der Waals surface area contributed by atoms with Gasteiger partial charge >= 0.3 is 11.4 Å². The van der Waals surface area contributed by atoms with Gasteiger partial charge in [-0.2, -0.15) is 0 Å². The zero-order valence-electron chi connectivity index (χ0n) is 18.6. The molecule has 0 aromatic carbocycles. The molecule has 4 heterocycles. The first kappa shape index (κ1) is 25.3. The van der Waals surface area contributed by atoms with Gasteiger partial charge in [0.15, 0.2) is 0 Å².